The molecular formula is C18H21N5O2S. The lowest BCUT2D eigenvalue weighted by Gasteiger charge is -2.32. The first kappa shape index (κ1) is 17.0. The van der Waals surface area contributed by atoms with E-state index in [2.05, 4.69) is 33.7 Å². The molecule has 0 fully saturated rings. The Bertz CT molecular complexity index is 989. The van der Waals surface area contributed by atoms with E-state index in [9.17, 15) is 9.59 Å². The van der Waals surface area contributed by atoms with E-state index in [4.69, 9.17) is 0 Å². The molecular weight excluding hydrogens is 350 g/mol. The van der Waals surface area contributed by atoms with Gasteiger partial charge in [0.1, 0.15) is 6.54 Å². The SMILES string of the molecule is CC(CNC(=O)Cn1nc2ccccn2c1=O)N1CCc2sccc2C1. The Morgan fingerprint density at radius 1 is 1.38 bits per heavy atom. The molecule has 4 rings (SSSR count). The molecule has 1 N–H and O–H groups in total. The monoisotopic (exact) mass is 371 g/mol. The summed E-state index contributed by atoms with van der Waals surface area (Å²) in [6, 6.07) is 7.75. The predicted molar refractivity (Wildman–Crippen MR) is 100 cm³/mol. The highest BCUT2D eigenvalue weighted by atomic mass is 32.1. The third-order valence-corrected chi connectivity index (χ3v) is 5.86. The smallest absolute Gasteiger partial charge is 0.350 e. The van der Waals surface area contributed by atoms with E-state index in [-0.39, 0.29) is 24.2 Å². The van der Waals surface area contributed by atoms with Crippen LogP contribution >= 0.6 is 11.3 Å². The molecule has 1 aliphatic heterocycles. The number of nitrogens with zero attached hydrogens (tertiary/aromatic N) is 4. The maximum atomic E-state index is 12.2. The van der Waals surface area contributed by atoms with Crippen LogP contribution < -0.4 is 11.0 Å². The van der Waals surface area contributed by atoms with E-state index < -0.39 is 0 Å². The zero-order chi connectivity index (χ0) is 18.1. The molecule has 1 unspecified atom stereocenters. The number of aromatic nitrogens is 3. The summed E-state index contributed by atoms with van der Waals surface area (Å²) < 4.78 is 2.63. The number of nitrogens with one attached hydrogen (secondary N) is 1. The van der Waals surface area contributed by atoms with Gasteiger partial charge in [0.05, 0.1) is 0 Å². The van der Waals surface area contributed by atoms with Crippen molar-refractivity contribution in [1.29, 1.82) is 0 Å². The minimum absolute atomic E-state index is 0.0675. The summed E-state index contributed by atoms with van der Waals surface area (Å²) in [4.78, 5) is 28.3. The number of pyridine rings is 1. The van der Waals surface area contributed by atoms with Crippen LogP contribution in [0.5, 0.6) is 0 Å². The zero-order valence-corrected chi connectivity index (χ0v) is 15.4. The highest BCUT2D eigenvalue weighted by Crippen LogP contribution is 2.24. The summed E-state index contributed by atoms with van der Waals surface area (Å²) in [5.74, 6) is -0.199. The fraction of sp³-hybridized carbons (Fsp3) is 0.389. The van der Waals surface area contributed by atoms with Crippen LogP contribution in [0.1, 0.15) is 17.4 Å². The molecule has 7 nitrogen and oxygen atoms in total. The van der Waals surface area contributed by atoms with E-state index in [1.165, 1.54) is 19.5 Å². The van der Waals surface area contributed by atoms with Gasteiger partial charge >= 0.3 is 5.69 Å². The predicted octanol–water partition coefficient (Wildman–Crippen LogP) is 1.12. The van der Waals surface area contributed by atoms with Gasteiger partial charge in [-0.2, -0.15) is 0 Å². The van der Waals surface area contributed by atoms with E-state index >= 15 is 0 Å². The molecule has 0 bridgehead atoms. The summed E-state index contributed by atoms with van der Waals surface area (Å²) >= 11 is 1.82. The summed E-state index contributed by atoms with van der Waals surface area (Å²) in [5.41, 5.74) is 1.64. The Labute approximate surface area is 154 Å². The summed E-state index contributed by atoms with van der Waals surface area (Å²) in [6.07, 6.45) is 2.72. The van der Waals surface area contributed by atoms with Crippen LogP contribution in [-0.4, -0.2) is 44.1 Å². The van der Waals surface area contributed by atoms with Gasteiger partial charge < -0.3 is 5.32 Å². The number of hydrogen-bond donors (Lipinski definition) is 1. The van der Waals surface area contributed by atoms with Crippen molar-refractivity contribution in [1.82, 2.24) is 24.4 Å². The average molecular weight is 371 g/mol. The molecule has 0 saturated heterocycles. The minimum Gasteiger partial charge on any atom is -0.353 e. The zero-order valence-electron chi connectivity index (χ0n) is 14.6. The highest BCUT2D eigenvalue weighted by molar-refractivity contribution is 7.10. The van der Waals surface area contributed by atoms with Crippen LogP contribution in [0.15, 0.2) is 40.6 Å². The van der Waals surface area contributed by atoms with E-state index in [0.29, 0.717) is 12.2 Å². The molecule has 1 aliphatic rings. The van der Waals surface area contributed by atoms with Crippen LogP contribution in [0.4, 0.5) is 0 Å². The minimum atomic E-state index is -0.301. The van der Waals surface area contributed by atoms with Crippen LogP contribution in [0.2, 0.25) is 0 Å². The molecule has 136 valence electrons. The van der Waals surface area contributed by atoms with Gasteiger partial charge in [-0.25, -0.2) is 9.48 Å². The first-order chi connectivity index (χ1) is 12.6. The molecule has 8 heteroatoms. The fourth-order valence-corrected chi connectivity index (χ4v) is 4.19. The molecule has 0 radical (unpaired) electrons. The van der Waals surface area contributed by atoms with Crippen molar-refractivity contribution in [2.75, 3.05) is 13.1 Å². The molecule has 0 saturated carbocycles. The lowest BCUT2D eigenvalue weighted by molar-refractivity contribution is -0.122. The van der Waals surface area contributed by atoms with Crippen molar-refractivity contribution in [3.05, 3.63) is 56.8 Å². The van der Waals surface area contributed by atoms with Crippen LogP contribution in [0, 0.1) is 0 Å². The third-order valence-electron chi connectivity index (χ3n) is 4.84. The highest BCUT2D eigenvalue weighted by Gasteiger charge is 2.21. The van der Waals surface area contributed by atoms with Gasteiger partial charge in [-0.1, -0.05) is 6.07 Å². The number of thiophene rings is 1. The normalized spacial score (nSPS) is 15.7. The fourth-order valence-electron chi connectivity index (χ4n) is 3.30. The van der Waals surface area contributed by atoms with Gasteiger partial charge in [0.2, 0.25) is 5.91 Å². The van der Waals surface area contributed by atoms with Crippen LogP contribution in [0.3, 0.4) is 0 Å². The Hall–Kier alpha value is -2.45. The second-order valence-electron chi connectivity index (χ2n) is 6.61. The molecule has 26 heavy (non-hydrogen) atoms. The molecule has 3 aromatic rings. The van der Waals surface area contributed by atoms with E-state index in [0.717, 1.165) is 19.5 Å². The number of carbonyl (C=O) groups excluding carboxylic acids is 1. The lowest BCUT2D eigenvalue weighted by atomic mass is 10.1. The van der Waals surface area contributed by atoms with Gasteiger partial charge in [0.15, 0.2) is 5.65 Å². The van der Waals surface area contributed by atoms with Crippen molar-refractivity contribution in [3.63, 3.8) is 0 Å². The van der Waals surface area contributed by atoms with Gasteiger partial charge in [0, 0.05) is 36.8 Å². The maximum absolute atomic E-state index is 12.2. The number of carbonyl (C=O) groups is 1. The molecule has 4 heterocycles. The van der Waals surface area contributed by atoms with Gasteiger partial charge in [0.25, 0.3) is 0 Å². The molecule has 0 aliphatic carbocycles. The largest absolute Gasteiger partial charge is 0.353 e. The first-order valence-electron chi connectivity index (χ1n) is 8.72. The van der Waals surface area contributed by atoms with Gasteiger partial charge in [-0.3, -0.25) is 14.1 Å². The van der Waals surface area contributed by atoms with Crippen molar-refractivity contribution >= 4 is 22.9 Å². The Morgan fingerprint density at radius 2 is 2.27 bits per heavy atom. The lowest BCUT2D eigenvalue weighted by Crippen LogP contribution is -2.45. The quantitative estimate of drug-likeness (QED) is 0.730. The average Bonchev–Trinajstić information content (AvgIpc) is 3.24. The molecule has 0 aromatic carbocycles. The number of rotatable bonds is 5. The van der Waals surface area contributed by atoms with E-state index in [1.807, 2.05) is 17.4 Å². The van der Waals surface area contributed by atoms with Crippen molar-refractivity contribution < 1.29 is 4.79 Å². The van der Waals surface area contributed by atoms with Gasteiger partial charge in [-0.05, 0) is 42.5 Å². The Kier molecular flexibility index (Phi) is 4.60. The van der Waals surface area contributed by atoms with Crippen LogP contribution in [-0.2, 0) is 24.3 Å². The molecule has 1 atom stereocenters. The van der Waals surface area contributed by atoms with E-state index in [1.54, 1.807) is 18.3 Å². The number of hydrogen-bond acceptors (Lipinski definition) is 5. The van der Waals surface area contributed by atoms with Crippen molar-refractivity contribution in [3.8, 4) is 0 Å². The van der Waals surface area contributed by atoms with Crippen molar-refractivity contribution in [2.24, 2.45) is 0 Å². The summed E-state index contributed by atoms with van der Waals surface area (Å²) in [5, 5.41) is 9.26. The number of fused-ring (bicyclic) bond motifs is 2. The van der Waals surface area contributed by atoms with Crippen molar-refractivity contribution in [2.45, 2.75) is 32.5 Å². The molecule has 1 amide bonds. The number of amides is 1. The topological polar surface area (TPSA) is 71.6 Å². The molecule has 0 spiro atoms. The van der Waals surface area contributed by atoms with Gasteiger partial charge in [-0.15, -0.1) is 16.4 Å². The second kappa shape index (κ2) is 7.05. The standard InChI is InChI=1S/C18H21N5O2S/c1-13(21-8-5-15-14(11-21)6-9-26-15)10-19-17(24)12-23-18(25)22-7-3-2-4-16(22)20-23/h2-4,6-7,9,13H,5,8,10-12H2,1H3,(H,19,24). The second-order valence-corrected chi connectivity index (χ2v) is 7.61. The third kappa shape index (κ3) is 3.30. The Balaban J connectivity index is 1.33. The summed E-state index contributed by atoms with van der Waals surface area (Å²) in [7, 11) is 0. The summed E-state index contributed by atoms with van der Waals surface area (Å²) in [6.45, 7) is 4.55. The maximum Gasteiger partial charge on any atom is 0.350 e. The van der Waals surface area contributed by atoms with Crippen LogP contribution in [0.25, 0.3) is 5.65 Å². The molecule has 3 aromatic heterocycles. The Morgan fingerprint density at radius 3 is 3.12 bits per heavy atom. The first-order valence-corrected chi connectivity index (χ1v) is 9.60.